The van der Waals surface area contributed by atoms with Crippen molar-refractivity contribution < 1.29 is 4.79 Å². The third-order valence-corrected chi connectivity index (χ3v) is 4.50. The molecule has 0 spiro atoms. The van der Waals surface area contributed by atoms with E-state index < -0.39 is 0 Å². The summed E-state index contributed by atoms with van der Waals surface area (Å²) in [5, 5.41) is 3.01. The Balaban J connectivity index is 1.70. The molecule has 0 fully saturated rings. The van der Waals surface area contributed by atoms with E-state index in [1.54, 1.807) is 0 Å². The van der Waals surface area contributed by atoms with Gasteiger partial charge in [-0.25, -0.2) is 0 Å². The van der Waals surface area contributed by atoms with Crippen LogP contribution in [-0.4, -0.2) is 5.91 Å². The van der Waals surface area contributed by atoms with E-state index in [-0.39, 0.29) is 11.8 Å². The zero-order chi connectivity index (χ0) is 15.1. The molecule has 0 aliphatic carbocycles. The van der Waals surface area contributed by atoms with Crippen LogP contribution in [0.4, 0.5) is 5.69 Å². The molecule has 1 aliphatic heterocycles. The van der Waals surface area contributed by atoms with Gasteiger partial charge in [0, 0.05) is 5.69 Å². The van der Waals surface area contributed by atoms with E-state index in [1.807, 2.05) is 6.07 Å². The molecule has 1 heterocycles. The van der Waals surface area contributed by atoms with Crippen LogP contribution in [0.3, 0.4) is 0 Å². The van der Waals surface area contributed by atoms with E-state index in [2.05, 4.69) is 31.3 Å². The van der Waals surface area contributed by atoms with Crippen LogP contribution in [0.15, 0.2) is 18.2 Å². The number of carbonyl (C=O) groups excluding carboxylic acids is 1. The van der Waals surface area contributed by atoms with Crippen molar-refractivity contribution in [1.29, 1.82) is 0 Å². The Hall–Kier alpha value is -1.31. The molecule has 1 N–H and O–H groups in total. The Bertz CT molecular complexity index is 467. The molecule has 1 unspecified atom stereocenters. The number of fused-ring (bicyclic) bond motifs is 1. The predicted molar refractivity (Wildman–Crippen MR) is 89.8 cm³/mol. The largest absolute Gasteiger partial charge is 0.325 e. The molecule has 1 aromatic rings. The summed E-state index contributed by atoms with van der Waals surface area (Å²) in [4.78, 5) is 12.1. The number of anilines is 1. The maximum atomic E-state index is 12.1. The van der Waals surface area contributed by atoms with E-state index in [0.717, 1.165) is 12.1 Å². The Morgan fingerprint density at radius 3 is 2.38 bits per heavy atom. The highest BCUT2D eigenvalue weighted by Crippen LogP contribution is 2.36. The summed E-state index contributed by atoms with van der Waals surface area (Å²) in [6.07, 6.45) is 11.5. The van der Waals surface area contributed by atoms with Gasteiger partial charge in [-0.2, -0.15) is 0 Å². The van der Waals surface area contributed by atoms with E-state index in [0.29, 0.717) is 0 Å². The zero-order valence-electron chi connectivity index (χ0n) is 13.6. The maximum absolute atomic E-state index is 12.1. The van der Waals surface area contributed by atoms with Crippen LogP contribution in [0.1, 0.15) is 81.8 Å². The molecule has 1 amide bonds. The predicted octanol–water partition coefficient (Wildman–Crippen LogP) is 5.56. The number of hydrogen-bond acceptors (Lipinski definition) is 1. The summed E-state index contributed by atoms with van der Waals surface area (Å²) in [6, 6.07) is 6.27. The lowest BCUT2D eigenvalue weighted by Gasteiger charge is -2.09. The fourth-order valence-corrected chi connectivity index (χ4v) is 3.21. The van der Waals surface area contributed by atoms with E-state index >= 15 is 0 Å². The van der Waals surface area contributed by atoms with Crippen LogP contribution in [0.25, 0.3) is 0 Å². The number of hydrogen-bond donors (Lipinski definition) is 1. The van der Waals surface area contributed by atoms with Crippen molar-refractivity contribution in [3.8, 4) is 0 Å². The highest BCUT2D eigenvalue weighted by atomic mass is 16.2. The van der Waals surface area contributed by atoms with E-state index in [9.17, 15) is 4.79 Å². The number of unbranched alkanes of at least 4 members (excludes halogenated alkanes) is 7. The molecule has 2 rings (SSSR count). The topological polar surface area (TPSA) is 29.1 Å². The van der Waals surface area contributed by atoms with Crippen LogP contribution in [0, 0.1) is 6.92 Å². The lowest BCUT2D eigenvalue weighted by atomic mass is 9.93. The zero-order valence-corrected chi connectivity index (χ0v) is 13.6. The van der Waals surface area contributed by atoms with Crippen LogP contribution in [0.5, 0.6) is 0 Å². The van der Waals surface area contributed by atoms with Gasteiger partial charge in [0.1, 0.15) is 0 Å². The second-order valence-corrected chi connectivity index (χ2v) is 6.40. The number of benzene rings is 1. The highest BCUT2D eigenvalue weighted by Gasteiger charge is 2.29. The fraction of sp³-hybridized carbons (Fsp3) is 0.632. The first-order chi connectivity index (χ1) is 10.2. The maximum Gasteiger partial charge on any atom is 0.232 e. The average molecular weight is 287 g/mol. The Morgan fingerprint density at radius 2 is 1.67 bits per heavy atom. The van der Waals surface area contributed by atoms with Gasteiger partial charge in [0.2, 0.25) is 5.91 Å². The van der Waals surface area contributed by atoms with Crippen molar-refractivity contribution in [3.63, 3.8) is 0 Å². The Morgan fingerprint density at radius 1 is 1.00 bits per heavy atom. The number of amides is 1. The average Bonchev–Trinajstić information content (AvgIpc) is 2.77. The van der Waals surface area contributed by atoms with E-state index in [1.165, 1.54) is 62.5 Å². The van der Waals surface area contributed by atoms with Gasteiger partial charge in [0.25, 0.3) is 0 Å². The molecular formula is C19H29NO. The fourth-order valence-electron chi connectivity index (χ4n) is 3.21. The minimum Gasteiger partial charge on any atom is -0.325 e. The Labute approximate surface area is 129 Å². The van der Waals surface area contributed by atoms with Gasteiger partial charge >= 0.3 is 0 Å². The summed E-state index contributed by atoms with van der Waals surface area (Å²) in [6.45, 7) is 4.35. The second kappa shape index (κ2) is 8.21. The van der Waals surface area contributed by atoms with E-state index in [4.69, 9.17) is 0 Å². The number of nitrogens with one attached hydrogen (secondary N) is 1. The first kappa shape index (κ1) is 16.1. The lowest BCUT2D eigenvalue weighted by molar-refractivity contribution is -0.117. The molecule has 116 valence electrons. The summed E-state index contributed by atoms with van der Waals surface area (Å²) >= 11 is 0. The van der Waals surface area contributed by atoms with Gasteiger partial charge in [-0.1, -0.05) is 76.0 Å². The van der Waals surface area contributed by atoms with Crippen molar-refractivity contribution in [2.24, 2.45) is 0 Å². The second-order valence-electron chi connectivity index (χ2n) is 6.40. The number of carbonyl (C=O) groups is 1. The number of rotatable bonds is 9. The van der Waals surface area contributed by atoms with Crippen molar-refractivity contribution in [2.45, 2.75) is 77.6 Å². The minimum atomic E-state index is 0.0833. The highest BCUT2D eigenvalue weighted by molar-refractivity contribution is 6.02. The minimum absolute atomic E-state index is 0.0833. The van der Waals surface area contributed by atoms with Gasteiger partial charge < -0.3 is 5.32 Å². The van der Waals surface area contributed by atoms with Crippen molar-refractivity contribution in [1.82, 2.24) is 0 Å². The monoisotopic (exact) mass is 287 g/mol. The van der Waals surface area contributed by atoms with Crippen LogP contribution < -0.4 is 5.32 Å². The van der Waals surface area contributed by atoms with Gasteiger partial charge in [-0.15, -0.1) is 0 Å². The first-order valence-corrected chi connectivity index (χ1v) is 8.63. The van der Waals surface area contributed by atoms with Gasteiger partial charge in [0.15, 0.2) is 0 Å². The summed E-state index contributed by atoms with van der Waals surface area (Å²) in [5.41, 5.74) is 3.48. The van der Waals surface area contributed by atoms with Crippen molar-refractivity contribution in [3.05, 3.63) is 29.3 Å². The van der Waals surface area contributed by atoms with Crippen LogP contribution in [-0.2, 0) is 4.79 Å². The normalized spacial score (nSPS) is 16.9. The molecule has 21 heavy (non-hydrogen) atoms. The third-order valence-electron chi connectivity index (χ3n) is 4.50. The molecule has 0 aromatic heterocycles. The molecule has 1 aliphatic rings. The lowest BCUT2D eigenvalue weighted by Crippen LogP contribution is -2.11. The molecule has 1 aromatic carbocycles. The summed E-state index contributed by atoms with van der Waals surface area (Å²) in [5.74, 6) is 0.276. The van der Waals surface area contributed by atoms with Crippen molar-refractivity contribution >= 4 is 11.6 Å². The van der Waals surface area contributed by atoms with Crippen LogP contribution >= 0.6 is 0 Å². The standard InChI is InChI=1S/C19H29NO/c1-3-4-5-6-7-8-9-10-11-16-17-14-15(2)12-13-18(17)20-19(16)21/h12-14,16H,3-11H2,1-2H3,(H,20,21). The van der Waals surface area contributed by atoms with Gasteiger partial charge in [0.05, 0.1) is 5.92 Å². The molecular weight excluding hydrogens is 258 g/mol. The third kappa shape index (κ3) is 4.59. The summed E-state index contributed by atoms with van der Waals surface area (Å²) in [7, 11) is 0. The Kier molecular flexibility index (Phi) is 6.28. The molecule has 0 radical (unpaired) electrons. The molecule has 0 bridgehead atoms. The molecule has 2 nitrogen and oxygen atoms in total. The molecule has 0 saturated heterocycles. The summed E-state index contributed by atoms with van der Waals surface area (Å²) < 4.78 is 0. The van der Waals surface area contributed by atoms with Gasteiger partial charge in [-0.05, 0) is 25.0 Å². The molecule has 2 heteroatoms. The molecule has 0 saturated carbocycles. The quantitative estimate of drug-likeness (QED) is 0.592. The van der Waals surface area contributed by atoms with Crippen molar-refractivity contribution in [2.75, 3.05) is 5.32 Å². The van der Waals surface area contributed by atoms with Gasteiger partial charge in [-0.3, -0.25) is 4.79 Å². The molecule has 1 atom stereocenters. The SMILES string of the molecule is CCCCCCCCCCC1C(=O)Nc2ccc(C)cc21. The first-order valence-electron chi connectivity index (χ1n) is 8.63. The van der Waals surface area contributed by atoms with Crippen LogP contribution in [0.2, 0.25) is 0 Å². The smallest absolute Gasteiger partial charge is 0.232 e. The number of aryl methyl sites for hydroxylation is 1.